The van der Waals surface area contributed by atoms with Gasteiger partial charge < -0.3 is 24.0 Å². The van der Waals surface area contributed by atoms with Crippen LogP contribution in [0.4, 0.5) is 4.79 Å². The lowest BCUT2D eigenvalue weighted by molar-refractivity contribution is -0.0966. The summed E-state index contributed by atoms with van der Waals surface area (Å²) in [5.41, 5.74) is 0.440. The molecule has 0 aliphatic heterocycles. The van der Waals surface area contributed by atoms with Gasteiger partial charge in [0.05, 0.1) is 12.6 Å². The van der Waals surface area contributed by atoms with Crippen LogP contribution < -0.4 is 15.7 Å². The van der Waals surface area contributed by atoms with E-state index in [4.69, 9.17) is 18.6 Å². The van der Waals surface area contributed by atoms with Gasteiger partial charge in [-0.25, -0.2) is 4.79 Å². The van der Waals surface area contributed by atoms with Gasteiger partial charge in [-0.2, -0.15) is 0 Å². The summed E-state index contributed by atoms with van der Waals surface area (Å²) >= 11 is 0. The second-order valence-corrected chi connectivity index (χ2v) is 16.3. The number of hydrogen-bond acceptors (Lipinski definition) is 5. The summed E-state index contributed by atoms with van der Waals surface area (Å²) in [6.45, 7) is 12.6. The van der Waals surface area contributed by atoms with Gasteiger partial charge in [0.25, 0.3) is 8.32 Å². The van der Waals surface area contributed by atoms with E-state index in [1.807, 2.05) is 63.2 Å². The minimum Gasteiger partial charge on any atom is -0.444 e. The maximum atomic E-state index is 13.0. The largest absolute Gasteiger partial charge is 0.444 e. The highest BCUT2D eigenvalue weighted by Gasteiger charge is 2.50. The lowest BCUT2D eigenvalue weighted by Crippen LogP contribution is -2.67. The molecule has 1 amide bonds. The monoisotopic (exact) mass is 563 g/mol. The smallest absolute Gasteiger partial charge is 0.407 e. The molecule has 0 saturated heterocycles. The highest BCUT2D eigenvalue weighted by molar-refractivity contribution is 6.99. The van der Waals surface area contributed by atoms with E-state index in [0.717, 1.165) is 5.56 Å². The van der Waals surface area contributed by atoms with Crippen LogP contribution >= 0.6 is 0 Å². The average molecular weight is 564 g/mol. The molecule has 3 aromatic carbocycles. The van der Waals surface area contributed by atoms with Crippen LogP contribution in [0.1, 0.15) is 47.1 Å². The Morgan fingerprint density at radius 2 is 1.30 bits per heavy atom. The van der Waals surface area contributed by atoms with Crippen molar-refractivity contribution in [1.29, 1.82) is 0 Å². The van der Waals surface area contributed by atoms with Gasteiger partial charge in [0.1, 0.15) is 18.5 Å². The summed E-state index contributed by atoms with van der Waals surface area (Å²) in [4.78, 5) is 13.0. The number of carbonyl (C=O) groups excluding carboxylic acids is 1. The Labute approximate surface area is 241 Å². The van der Waals surface area contributed by atoms with Gasteiger partial charge in [-0.15, -0.1) is 0 Å². The highest BCUT2D eigenvalue weighted by atomic mass is 28.4. The van der Waals surface area contributed by atoms with Crippen molar-refractivity contribution in [3.63, 3.8) is 0 Å². The molecule has 0 aliphatic rings. The number of methoxy groups -OCH3 is 1. The fourth-order valence-electron chi connectivity index (χ4n) is 5.01. The summed E-state index contributed by atoms with van der Waals surface area (Å²) in [6.07, 6.45) is -0.460. The van der Waals surface area contributed by atoms with E-state index in [0.29, 0.717) is 6.42 Å². The van der Waals surface area contributed by atoms with Crippen molar-refractivity contribution in [2.24, 2.45) is 0 Å². The van der Waals surface area contributed by atoms with Crippen LogP contribution in [0.25, 0.3) is 0 Å². The number of nitrogens with one attached hydrogen (secondary N) is 1. The molecule has 7 heteroatoms. The third-order valence-corrected chi connectivity index (χ3v) is 11.7. The van der Waals surface area contributed by atoms with E-state index in [9.17, 15) is 4.79 Å². The standard InChI is InChI=1S/C33H45NO5Si/c1-32(2,3)39-31(35)34-29(23-26-17-11-8-12-18-26)30(37-25-36-7)24-38-40(33(4,5)6,27-19-13-9-14-20-27)28-21-15-10-16-22-28/h8-22,29-30H,23-25H2,1-7H3,(H,34,35)/t29-,30+/m1/s1. The second kappa shape index (κ2) is 14.1. The van der Waals surface area contributed by atoms with E-state index in [1.54, 1.807) is 7.11 Å². The van der Waals surface area contributed by atoms with Crippen LogP contribution in [0.5, 0.6) is 0 Å². The van der Waals surface area contributed by atoms with E-state index in [-0.39, 0.29) is 18.4 Å². The van der Waals surface area contributed by atoms with Crippen LogP contribution in [-0.4, -0.2) is 52.7 Å². The van der Waals surface area contributed by atoms with E-state index >= 15 is 0 Å². The molecular weight excluding hydrogens is 518 g/mol. The van der Waals surface area contributed by atoms with Gasteiger partial charge >= 0.3 is 6.09 Å². The third-order valence-electron chi connectivity index (χ3n) is 6.73. The summed E-state index contributed by atoms with van der Waals surface area (Å²) in [7, 11) is -1.24. The maximum Gasteiger partial charge on any atom is 0.407 e. The molecule has 0 saturated carbocycles. The van der Waals surface area contributed by atoms with Crippen molar-refractivity contribution in [2.45, 2.75) is 70.7 Å². The van der Waals surface area contributed by atoms with Crippen molar-refractivity contribution in [3.8, 4) is 0 Å². The minimum absolute atomic E-state index is 0.0655. The predicted octanol–water partition coefficient (Wildman–Crippen LogP) is 5.69. The number of amides is 1. The van der Waals surface area contributed by atoms with Gasteiger partial charge in [0.2, 0.25) is 0 Å². The molecule has 0 heterocycles. The van der Waals surface area contributed by atoms with Crippen molar-refractivity contribution < 1.29 is 23.4 Å². The quantitative estimate of drug-likeness (QED) is 0.227. The van der Waals surface area contributed by atoms with Gasteiger partial charge in [-0.05, 0) is 48.2 Å². The molecule has 0 spiro atoms. The maximum absolute atomic E-state index is 13.0. The Bertz CT molecular complexity index is 1120. The lowest BCUT2D eigenvalue weighted by atomic mass is 10.0. The number of benzene rings is 3. The zero-order valence-electron chi connectivity index (χ0n) is 25.0. The molecule has 0 fully saturated rings. The molecule has 0 aliphatic carbocycles. The molecule has 0 aromatic heterocycles. The molecular formula is C33H45NO5Si. The predicted molar refractivity (Wildman–Crippen MR) is 164 cm³/mol. The summed E-state index contributed by atoms with van der Waals surface area (Å²) < 4.78 is 24.4. The summed E-state index contributed by atoms with van der Waals surface area (Å²) in [5, 5.41) is 5.24. The first kappa shape index (κ1) is 31.6. The summed E-state index contributed by atoms with van der Waals surface area (Å²) in [6, 6.07) is 30.6. The Morgan fingerprint density at radius 3 is 1.75 bits per heavy atom. The minimum atomic E-state index is -2.83. The number of alkyl carbamates (subject to hydrolysis) is 1. The molecule has 6 nitrogen and oxygen atoms in total. The molecule has 0 bridgehead atoms. The van der Waals surface area contributed by atoms with Gasteiger partial charge in [-0.1, -0.05) is 112 Å². The van der Waals surface area contributed by atoms with Crippen LogP contribution in [0.2, 0.25) is 5.04 Å². The Hall–Kier alpha value is -2.97. The molecule has 0 unspecified atom stereocenters. The van der Waals surface area contributed by atoms with Crippen LogP contribution in [0, 0.1) is 0 Å². The van der Waals surface area contributed by atoms with Crippen molar-refractivity contribution in [1.82, 2.24) is 5.32 Å². The SMILES string of the molecule is COCO[C@@H](CO[Si](c1ccccc1)(c1ccccc1)C(C)(C)C)[C@@H](Cc1ccccc1)NC(=O)OC(C)(C)C. The molecule has 3 aromatic rings. The Balaban J connectivity index is 2.03. The zero-order chi connectivity index (χ0) is 29.2. The fraction of sp³-hybridized carbons (Fsp3) is 0.424. The van der Waals surface area contributed by atoms with E-state index in [2.05, 4.69) is 74.6 Å². The van der Waals surface area contributed by atoms with Crippen LogP contribution in [-0.2, 0) is 25.1 Å². The summed E-state index contributed by atoms with van der Waals surface area (Å²) in [5.74, 6) is 0. The lowest BCUT2D eigenvalue weighted by Gasteiger charge is -2.44. The first-order valence-corrected chi connectivity index (χ1v) is 15.8. The Kier molecular flexibility index (Phi) is 11.1. The number of carbonyl (C=O) groups is 1. The third kappa shape index (κ3) is 8.51. The fourth-order valence-corrected chi connectivity index (χ4v) is 9.58. The highest BCUT2D eigenvalue weighted by Crippen LogP contribution is 2.37. The van der Waals surface area contributed by atoms with Crippen molar-refractivity contribution >= 4 is 24.8 Å². The van der Waals surface area contributed by atoms with Crippen molar-refractivity contribution in [3.05, 3.63) is 96.6 Å². The first-order valence-electron chi connectivity index (χ1n) is 13.9. The van der Waals surface area contributed by atoms with Crippen LogP contribution in [0.15, 0.2) is 91.0 Å². The van der Waals surface area contributed by atoms with Gasteiger partial charge in [-0.3, -0.25) is 0 Å². The first-order chi connectivity index (χ1) is 19.0. The van der Waals surface area contributed by atoms with E-state index in [1.165, 1.54) is 10.4 Å². The van der Waals surface area contributed by atoms with Gasteiger partial charge in [0, 0.05) is 7.11 Å². The van der Waals surface area contributed by atoms with E-state index < -0.39 is 32.2 Å². The number of ether oxygens (including phenoxy) is 3. The Morgan fingerprint density at radius 1 is 0.800 bits per heavy atom. The molecule has 0 radical (unpaired) electrons. The molecule has 1 N–H and O–H groups in total. The normalized spacial score (nSPS) is 13.9. The number of rotatable bonds is 12. The second-order valence-electron chi connectivity index (χ2n) is 12.0. The molecule has 2 atom stereocenters. The molecule has 216 valence electrons. The topological polar surface area (TPSA) is 66.0 Å². The van der Waals surface area contributed by atoms with Gasteiger partial charge in [0.15, 0.2) is 0 Å². The molecule has 3 rings (SSSR count). The zero-order valence-corrected chi connectivity index (χ0v) is 26.0. The van der Waals surface area contributed by atoms with Crippen LogP contribution in [0.3, 0.4) is 0 Å². The van der Waals surface area contributed by atoms with Crippen molar-refractivity contribution in [2.75, 3.05) is 20.5 Å². The molecule has 40 heavy (non-hydrogen) atoms. The number of hydrogen-bond donors (Lipinski definition) is 1. The average Bonchev–Trinajstić information content (AvgIpc) is 2.90.